The maximum atomic E-state index is 14.1. The van der Waals surface area contributed by atoms with E-state index in [1.165, 1.54) is 12.8 Å². The summed E-state index contributed by atoms with van der Waals surface area (Å²) in [6.07, 6.45) is 12.4. The zero-order chi connectivity index (χ0) is 26.6. The molecule has 0 spiro atoms. The van der Waals surface area contributed by atoms with E-state index in [-0.39, 0.29) is 11.7 Å². The van der Waals surface area contributed by atoms with Crippen molar-refractivity contribution in [2.45, 2.75) is 78.8 Å². The summed E-state index contributed by atoms with van der Waals surface area (Å²) in [5.41, 5.74) is 5.17. The number of aromatic nitrogens is 7. The highest BCUT2D eigenvalue weighted by atomic mass is 16.1. The molecule has 0 amide bonds. The van der Waals surface area contributed by atoms with E-state index in [1.807, 2.05) is 35.0 Å². The minimum absolute atomic E-state index is 0.106. The van der Waals surface area contributed by atoms with Gasteiger partial charge in [-0.05, 0) is 76.6 Å². The lowest BCUT2D eigenvalue weighted by molar-refractivity contribution is 0.243. The van der Waals surface area contributed by atoms with Crippen molar-refractivity contribution in [2.24, 2.45) is 17.8 Å². The van der Waals surface area contributed by atoms with E-state index in [0.717, 1.165) is 53.6 Å². The predicted molar refractivity (Wildman–Crippen MR) is 150 cm³/mol. The molecule has 0 bridgehead atoms. The Hall–Kier alpha value is -3.55. The van der Waals surface area contributed by atoms with E-state index in [0.29, 0.717) is 30.1 Å². The van der Waals surface area contributed by atoms with Crippen LogP contribution in [-0.2, 0) is 13.0 Å². The molecule has 0 radical (unpaired) electrons. The molecular weight excluding hydrogens is 474 g/mol. The molecule has 8 nitrogen and oxygen atoms in total. The van der Waals surface area contributed by atoms with Crippen molar-refractivity contribution in [3.63, 3.8) is 0 Å². The van der Waals surface area contributed by atoms with Gasteiger partial charge in [0.05, 0.1) is 6.54 Å². The van der Waals surface area contributed by atoms with Crippen molar-refractivity contribution in [1.82, 2.24) is 34.7 Å². The molecule has 3 unspecified atom stereocenters. The third-order valence-corrected chi connectivity index (χ3v) is 8.42. The Morgan fingerprint density at radius 1 is 1.08 bits per heavy atom. The molecule has 0 aliphatic heterocycles. The van der Waals surface area contributed by atoms with Gasteiger partial charge >= 0.3 is 5.69 Å². The van der Waals surface area contributed by atoms with Gasteiger partial charge in [-0.1, -0.05) is 64.8 Å². The number of nitrogens with zero attached hydrogens (tertiary/aromatic N) is 6. The Morgan fingerprint density at radius 3 is 2.61 bits per heavy atom. The number of nitrogens with one attached hydrogen (secondary N) is 1. The SMILES string of the molecule is CCCCc1cn(C2C(CC)CCC2C(C)C)c(=O)n1Cc1cnccc1-c1ccccc1-c1nnn[nH]1. The predicted octanol–water partition coefficient (Wildman–Crippen LogP) is 5.92. The summed E-state index contributed by atoms with van der Waals surface area (Å²) in [6.45, 7) is 9.56. The molecule has 1 N–H and O–H groups in total. The number of imidazole rings is 1. The second-order valence-corrected chi connectivity index (χ2v) is 11.0. The molecular formula is C30H39N7O. The van der Waals surface area contributed by atoms with Gasteiger partial charge in [-0.3, -0.25) is 14.1 Å². The average Bonchev–Trinajstić information content (AvgIpc) is 3.68. The van der Waals surface area contributed by atoms with Crippen molar-refractivity contribution in [3.8, 4) is 22.5 Å². The lowest BCUT2D eigenvalue weighted by atomic mass is 9.87. The minimum Gasteiger partial charge on any atom is -0.295 e. The number of hydrogen-bond acceptors (Lipinski definition) is 5. The smallest absolute Gasteiger partial charge is 0.295 e. The van der Waals surface area contributed by atoms with Crippen LogP contribution in [-0.4, -0.2) is 34.7 Å². The molecule has 1 aromatic carbocycles. The van der Waals surface area contributed by atoms with Gasteiger partial charge in [0.15, 0.2) is 5.82 Å². The first kappa shape index (κ1) is 26.1. The lowest BCUT2D eigenvalue weighted by Crippen LogP contribution is -2.33. The number of H-pyrrole nitrogens is 1. The summed E-state index contributed by atoms with van der Waals surface area (Å²) in [5.74, 6) is 2.25. The Bertz CT molecular complexity index is 1400. The van der Waals surface area contributed by atoms with E-state index < -0.39 is 0 Å². The highest BCUT2D eigenvalue weighted by Gasteiger charge is 2.39. The van der Waals surface area contributed by atoms with Crippen LogP contribution < -0.4 is 5.69 Å². The highest BCUT2D eigenvalue weighted by molar-refractivity contribution is 5.81. The molecule has 8 heteroatoms. The van der Waals surface area contributed by atoms with Gasteiger partial charge in [-0.25, -0.2) is 9.89 Å². The monoisotopic (exact) mass is 513 g/mol. The number of benzene rings is 1. The molecule has 3 atom stereocenters. The summed E-state index contributed by atoms with van der Waals surface area (Å²) >= 11 is 0. The van der Waals surface area contributed by atoms with Crippen molar-refractivity contribution in [2.75, 3.05) is 0 Å². The summed E-state index contributed by atoms with van der Waals surface area (Å²) in [5, 5.41) is 14.6. The third-order valence-electron chi connectivity index (χ3n) is 8.42. The van der Waals surface area contributed by atoms with Crippen LogP contribution in [0.3, 0.4) is 0 Å². The molecule has 1 aliphatic rings. The van der Waals surface area contributed by atoms with E-state index in [1.54, 1.807) is 6.20 Å². The van der Waals surface area contributed by atoms with Crippen LogP contribution in [0.25, 0.3) is 22.5 Å². The van der Waals surface area contributed by atoms with Gasteiger partial charge in [0, 0.05) is 35.9 Å². The molecule has 3 aromatic heterocycles. The zero-order valence-corrected chi connectivity index (χ0v) is 23.0. The molecule has 1 fully saturated rings. The van der Waals surface area contributed by atoms with Crippen molar-refractivity contribution >= 4 is 0 Å². The van der Waals surface area contributed by atoms with E-state index in [9.17, 15) is 4.79 Å². The number of rotatable bonds is 10. The molecule has 1 aliphatic carbocycles. The van der Waals surface area contributed by atoms with Crippen LogP contribution in [0.2, 0.25) is 0 Å². The van der Waals surface area contributed by atoms with Crippen LogP contribution in [0.5, 0.6) is 0 Å². The van der Waals surface area contributed by atoms with Gasteiger partial charge in [-0.2, -0.15) is 0 Å². The standard InChI is InChI=1S/C30H39N7O/c1-5-7-10-23-19-37(28-21(6-2)13-14-24(28)20(3)4)30(38)36(23)18-22-17-31-16-15-25(22)26-11-8-9-12-27(26)29-32-34-35-33-29/h8-9,11-12,15-17,19-21,24,28H,5-7,10,13-14,18H2,1-4H3,(H,32,33,34,35). The largest absolute Gasteiger partial charge is 0.328 e. The Labute approximate surface area is 224 Å². The molecule has 5 rings (SSSR count). The van der Waals surface area contributed by atoms with Crippen LogP contribution in [0, 0.1) is 17.8 Å². The van der Waals surface area contributed by atoms with Crippen LogP contribution >= 0.6 is 0 Å². The number of tetrazole rings is 1. The second-order valence-electron chi connectivity index (χ2n) is 11.0. The number of pyridine rings is 1. The first-order valence-electron chi connectivity index (χ1n) is 14.1. The lowest BCUT2D eigenvalue weighted by Gasteiger charge is -2.27. The molecule has 0 saturated heterocycles. The quantitative estimate of drug-likeness (QED) is 0.284. The van der Waals surface area contributed by atoms with E-state index in [4.69, 9.17) is 0 Å². The van der Waals surface area contributed by atoms with Crippen LogP contribution in [0.4, 0.5) is 0 Å². The number of hydrogen-bond donors (Lipinski definition) is 1. The normalized spacial score (nSPS) is 19.4. The molecule has 38 heavy (non-hydrogen) atoms. The Kier molecular flexibility index (Phi) is 7.86. The summed E-state index contributed by atoms with van der Waals surface area (Å²) in [6, 6.07) is 10.4. The maximum absolute atomic E-state index is 14.1. The van der Waals surface area contributed by atoms with Gasteiger partial charge in [-0.15, -0.1) is 5.10 Å². The number of aryl methyl sites for hydroxylation is 1. The van der Waals surface area contributed by atoms with Crippen LogP contribution in [0.1, 0.15) is 77.1 Å². The van der Waals surface area contributed by atoms with Gasteiger partial charge < -0.3 is 0 Å². The Balaban J connectivity index is 1.59. The Morgan fingerprint density at radius 2 is 1.89 bits per heavy atom. The molecule has 200 valence electrons. The zero-order valence-electron chi connectivity index (χ0n) is 23.0. The third kappa shape index (κ3) is 4.96. The minimum atomic E-state index is 0.106. The summed E-state index contributed by atoms with van der Waals surface area (Å²) < 4.78 is 4.10. The highest BCUT2D eigenvalue weighted by Crippen LogP contribution is 2.45. The average molecular weight is 514 g/mol. The molecule has 4 aromatic rings. The molecule has 1 saturated carbocycles. The summed E-state index contributed by atoms with van der Waals surface area (Å²) in [4.78, 5) is 18.6. The summed E-state index contributed by atoms with van der Waals surface area (Å²) in [7, 11) is 0. The van der Waals surface area contributed by atoms with Crippen molar-refractivity contribution < 1.29 is 0 Å². The van der Waals surface area contributed by atoms with Crippen LogP contribution in [0.15, 0.2) is 53.7 Å². The second kappa shape index (κ2) is 11.5. The van der Waals surface area contributed by atoms with Gasteiger partial charge in [0.25, 0.3) is 0 Å². The van der Waals surface area contributed by atoms with Crippen molar-refractivity contribution in [3.05, 3.63) is 70.7 Å². The fourth-order valence-corrected chi connectivity index (χ4v) is 6.38. The van der Waals surface area contributed by atoms with Crippen molar-refractivity contribution in [1.29, 1.82) is 0 Å². The molecule has 3 heterocycles. The maximum Gasteiger partial charge on any atom is 0.328 e. The first-order valence-corrected chi connectivity index (χ1v) is 14.1. The van der Waals surface area contributed by atoms with E-state index >= 15 is 0 Å². The fraction of sp³-hybridized carbons (Fsp3) is 0.500. The first-order chi connectivity index (χ1) is 18.5. The number of unbranched alkanes of at least 4 members (excludes halogenated alkanes) is 1. The van der Waals surface area contributed by atoms with Gasteiger partial charge in [0.2, 0.25) is 0 Å². The van der Waals surface area contributed by atoms with E-state index in [2.05, 4.69) is 70.1 Å². The number of aromatic amines is 1. The topological polar surface area (TPSA) is 94.3 Å². The fourth-order valence-electron chi connectivity index (χ4n) is 6.38. The van der Waals surface area contributed by atoms with Gasteiger partial charge in [0.1, 0.15) is 0 Å².